The first-order valence-corrected chi connectivity index (χ1v) is 6.90. The van der Waals surface area contributed by atoms with Gasteiger partial charge in [0.2, 0.25) is 0 Å². The van der Waals surface area contributed by atoms with Crippen LogP contribution >= 0.6 is 0 Å². The summed E-state index contributed by atoms with van der Waals surface area (Å²) in [7, 11) is 2.13. The first kappa shape index (κ1) is 14.2. The van der Waals surface area contributed by atoms with E-state index in [2.05, 4.69) is 11.9 Å². The molecular weight excluding hydrogens is 242 g/mol. The zero-order valence-electron chi connectivity index (χ0n) is 11.5. The first-order chi connectivity index (χ1) is 9.19. The number of phenols is 1. The van der Waals surface area contributed by atoms with Crippen LogP contribution in [0.4, 0.5) is 0 Å². The SMILES string of the molecule is CN1CCC(C(CO)COc2cccc(O)c2)CC1. The Kier molecular flexibility index (Phi) is 5.05. The van der Waals surface area contributed by atoms with E-state index in [0.29, 0.717) is 18.3 Å². The van der Waals surface area contributed by atoms with Crippen molar-refractivity contribution in [3.05, 3.63) is 24.3 Å². The molecule has 0 saturated carbocycles. The van der Waals surface area contributed by atoms with Crippen molar-refractivity contribution in [1.82, 2.24) is 4.90 Å². The lowest BCUT2D eigenvalue weighted by Gasteiger charge is -2.33. The molecule has 0 aromatic heterocycles. The van der Waals surface area contributed by atoms with Gasteiger partial charge in [-0.1, -0.05) is 6.07 Å². The lowest BCUT2D eigenvalue weighted by atomic mass is 9.85. The minimum absolute atomic E-state index is 0.160. The quantitative estimate of drug-likeness (QED) is 0.851. The van der Waals surface area contributed by atoms with Crippen LogP contribution in [0.1, 0.15) is 12.8 Å². The number of likely N-dealkylation sites (tertiary alicyclic amines) is 1. The molecule has 106 valence electrons. The van der Waals surface area contributed by atoms with Gasteiger partial charge in [-0.25, -0.2) is 0 Å². The number of aliphatic hydroxyl groups excluding tert-OH is 1. The van der Waals surface area contributed by atoms with Crippen molar-refractivity contribution in [2.75, 3.05) is 33.4 Å². The Morgan fingerprint density at radius 3 is 2.74 bits per heavy atom. The van der Waals surface area contributed by atoms with Crippen LogP contribution in [0.5, 0.6) is 11.5 Å². The Morgan fingerprint density at radius 2 is 2.11 bits per heavy atom. The largest absolute Gasteiger partial charge is 0.508 e. The number of phenolic OH excluding ortho intramolecular Hbond substituents is 1. The van der Waals surface area contributed by atoms with Gasteiger partial charge in [0.05, 0.1) is 6.61 Å². The van der Waals surface area contributed by atoms with Gasteiger partial charge in [-0.15, -0.1) is 0 Å². The molecule has 0 spiro atoms. The normalized spacial score (nSPS) is 19.3. The lowest BCUT2D eigenvalue weighted by molar-refractivity contribution is 0.0808. The van der Waals surface area contributed by atoms with E-state index >= 15 is 0 Å². The Morgan fingerprint density at radius 1 is 1.37 bits per heavy atom. The average Bonchev–Trinajstić information content (AvgIpc) is 2.41. The third-order valence-electron chi connectivity index (χ3n) is 3.95. The van der Waals surface area contributed by atoms with Gasteiger partial charge in [-0.2, -0.15) is 0 Å². The zero-order chi connectivity index (χ0) is 13.7. The number of aromatic hydroxyl groups is 1. The summed E-state index contributed by atoms with van der Waals surface area (Å²) in [5.74, 6) is 1.57. The number of benzene rings is 1. The van der Waals surface area contributed by atoms with Crippen LogP contribution in [-0.4, -0.2) is 48.5 Å². The van der Waals surface area contributed by atoms with Crippen LogP contribution in [0, 0.1) is 11.8 Å². The van der Waals surface area contributed by atoms with E-state index in [4.69, 9.17) is 4.74 Å². The molecule has 1 aromatic rings. The van der Waals surface area contributed by atoms with Crippen molar-refractivity contribution in [3.8, 4) is 11.5 Å². The van der Waals surface area contributed by atoms with Crippen molar-refractivity contribution in [1.29, 1.82) is 0 Å². The van der Waals surface area contributed by atoms with Crippen molar-refractivity contribution in [2.24, 2.45) is 11.8 Å². The molecule has 1 fully saturated rings. The van der Waals surface area contributed by atoms with Gasteiger partial charge >= 0.3 is 0 Å². The predicted molar refractivity (Wildman–Crippen MR) is 74.4 cm³/mol. The fraction of sp³-hybridized carbons (Fsp3) is 0.600. The van der Waals surface area contributed by atoms with Gasteiger partial charge in [-0.05, 0) is 51.0 Å². The molecular formula is C15H23NO3. The van der Waals surface area contributed by atoms with Gasteiger partial charge in [0.1, 0.15) is 11.5 Å². The summed E-state index contributed by atoms with van der Waals surface area (Å²) >= 11 is 0. The van der Waals surface area contributed by atoms with Crippen molar-refractivity contribution < 1.29 is 14.9 Å². The second-order valence-electron chi connectivity index (χ2n) is 5.39. The van der Waals surface area contributed by atoms with Gasteiger partial charge in [0.25, 0.3) is 0 Å². The van der Waals surface area contributed by atoms with Gasteiger partial charge in [0.15, 0.2) is 0 Å². The summed E-state index contributed by atoms with van der Waals surface area (Å²) in [4.78, 5) is 2.32. The lowest BCUT2D eigenvalue weighted by Crippen LogP contribution is -2.36. The minimum Gasteiger partial charge on any atom is -0.508 e. The second-order valence-corrected chi connectivity index (χ2v) is 5.39. The molecule has 1 aromatic carbocycles. The van der Waals surface area contributed by atoms with Crippen LogP contribution in [0.2, 0.25) is 0 Å². The molecule has 1 aliphatic rings. The Labute approximate surface area is 114 Å². The summed E-state index contributed by atoms with van der Waals surface area (Å²) in [6.07, 6.45) is 2.23. The van der Waals surface area contributed by atoms with E-state index in [0.717, 1.165) is 25.9 Å². The molecule has 1 saturated heterocycles. The van der Waals surface area contributed by atoms with Gasteiger partial charge in [-0.3, -0.25) is 0 Å². The maximum absolute atomic E-state index is 9.53. The summed E-state index contributed by atoms with van der Waals surface area (Å²) in [5.41, 5.74) is 0. The molecule has 1 atom stereocenters. The number of hydrogen-bond acceptors (Lipinski definition) is 4. The van der Waals surface area contributed by atoms with E-state index in [1.807, 2.05) is 6.07 Å². The number of hydrogen-bond donors (Lipinski definition) is 2. The number of piperidine rings is 1. The van der Waals surface area contributed by atoms with Crippen molar-refractivity contribution in [2.45, 2.75) is 12.8 Å². The van der Waals surface area contributed by atoms with E-state index < -0.39 is 0 Å². The van der Waals surface area contributed by atoms with Crippen molar-refractivity contribution >= 4 is 0 Å². The van der Waals surface area contributed by atoms with Gasteiger partial charge < -0.3 is 19.8 Å². The van der Waals surface area contributed by atoms with E-state index in [1.54, 1.807) is 18.2 Å². The molecule has 0 aliphatic carbocycles. The third kappa shape index (κ3) is 4.11. The molecule has 0 radical (unpaired) electrons. The highest BCUT2D eigenvalue weighted by atomic mass is 16.5. The number of ether oxygens (including phenoxy) is 1. The van der Waals surface area contributed by atoms with Crippen LogP contribution in [-0.2, 0) is 0 Å². The molecule has 4 heteroatoms. The Bertz CT molecular complexity index is 389. The average molecular weight is 265 g/mol. The third-order valence-corrected chi connectivity index (χ3v) is 3.95. The van der Waals surface area contributed by atoms with Crippen LogP contribution in [0.15, 0.2) is 24.3 Å². The number of rotatable bonds is 5. The summed E-state index contributed by atoms with van der Waals surface area (Å²) < 4.78 is 5.69. The molecule has 1 heterocycles. The molecule has 0 bridgehead atoms. The summed E-state index contributed by atoms with van der Waals surface area (Å²) in [5, 5.41) is 18.9. The Balaban J connectivity index is 1.85. The highest BCUT2D eigenvalue weighted by Crippen LogP contribution is 2.26. The number of nitrogens with zero attached hydrogens (tertiary/aromatic N) is 1. The fourth-order valence-corrected chi connectivity index (χ4v) is 2.61. The van der Waals surface area contributed by atoms with E-state index in [1.165, 1.54) is 0 Å². The second kappa shape index (κ2) is 6.78. The molecule has 4 nitrogen and oxygen atoms in total. The maximum atomic E-state index is 9.53. The highest BCUT2D eigenvalue weighted by molar-refractivity contribution is 5.31. The molecule has 1 unspecified atom stereocenters. The molecule has 1 aliphatic heterocycles. The monoisotopic (exact) mass is 265 g/mol. The summed E-state index contributed by atoms with van der Waals surface area (Å²) in [6, 6.07) is 6.80. The minimum atomic E-state index is 0.160. The molecule has 19 heavy (non-hydrogen) atoms. The van der Waals surface area contributed by atoms with Crippen LogP contribution < -0.4 is 4.74 Å². The molecule has 0 amide bonds. The first-order valence-electron chi connectivity index (χ1n) is 6.90. The standard InChI is InChI=1S/C15H23NO3/c1-16-7-5-12(6-8-16)13(10-17)11-19-15-4-2-3-14(18)9-15/h2-4,9,12-13,17-18H,5-8,10-11H2,1H3. The topological polar surface area (TPSA) is 52.9 Å². The van der Waals surface area contributed by atoms with E-state index in [9.17, 15) is 10.2 Å². The predicted octanol–water partition coefficient (Wildman–Crippen LogP) is 1.72. The maximum Gasteiger partial charge on any atom is 0.122 e. The van der Waals surface area contributed by atoms with Crippen LogP contribution in [0.3, 0.4) is 0 Å². The molecule has 2 N–H and O–H groups in total. The Hall–Kier alpha value is -1.26. The molecule has 2 rings (SSSR count). The smallest absolute Gasteiger partial charge is 0.122 e. The van der Waals surface area contributed by atoms with Crippen LogP contribution in [0.25, 0.3) is 0 Å². The number of aliphatic hydroxyl groups is 1. The zero-order valence-corrected chi connectivity index (χ0v) is 11.5. The van der Waals surface area contributed by atoms with E-state index in [-0.39, 0.29) is 18.3 Å². The fourth-order valence-electron chi connectivity index (χ4n) is 2.61. The highest BCUT2D eigenvalue weighted by Gasteiger charge is 2.25. The summed E-state index contributed by atoms with van der Waals surface area (Å²) in [6.45, 7) is 2.85. The van der Waals surface area contributed by atoms with Crippen molar-refractivity contribution in [3.63, 3.8) is 0 Å². The van der Waals surface area contributed by atoms with Gasteiger partial charge in [0, 0.05) is 18.6 Å².